The molecule has 0 atom stereocenters. The van der Waals surface area contributed by atoms with Gasteiger partial charge in [-0.15, -0.1) is 0 Å². The molecule has 0 spiro atoms. The summed E-state index contributed by atoms with van der Waals surface area (Å²) in [6, 6.07) is 9.44. The highest BCUT2D eigenvalue weighted by Crippen LogP contribution is 2.30. The number of fused-ring (bicyclic) bond motifs is 1. The number of imidazole rings is 1. The molecule has 0 amide bonds. The molecule has 0 saturated carbocycles. The fraction of sp³-hybridized carbons (Fsp3) is 0.143. The minimum Gasteiger partial charge on any atom is -0.493 e. The third kappa shape index (κ3) is 1.94. The van der Waals surface area contributed by atoms with Crippen molar-refractivity contribution in [1.82, 2.24) is 14.5 Å². The van der Waals surface area contributed by atoms with Gasteiger partial charge < -0.3 is 14.5 Å². The van der Waals surface area contributed by atoms with Gasteiger partial charge in [-0.05, 0) is 36.5 Å². The molecule has 3 rings (SSSR count). The van der Waals surface area contributed by atoms with Gasteiger partial charge in [0.2, 0.25) is 0 Å². The molecule has 0 bridgehead atoms. The van der Waals surface area contributed by atoms with Gasteiger partial charge in [0.25, 0.3) is 0 Å². The molecule has 6 heteroatoms. The standard InChI is InChI=1S/C14H13N3O2S/c1-18-11-6-5-9(8-12(11)19-2)17-13-10(16-14(17)20)4-3-7-15-13/h3-8H,1-2H3,(H,16,20). The zero-order chi connectivity index (χ0) is 14.1. The monoisotopic (exact) mass is 287 g/mol. The Bertz CT molecular complexity index is 823. The summed E-state index contributed by atoms with van der Waals surface area (Å²) in [5.74, 6) is 1.33. The van der Waals surface area contributed by atoms with Crippen LogP contribution in [0.2, 0.25) is 0 Å². The second kappa shape index (κ2) is 4.97. The summed E-state index contributed by atoms with van der Waals surface area (Å²) in [5, 5.41) is 0. The summed E-state index contributed by atoms with van der Waals surface area (Å²) in [5.41, 5.74) is 2.55. The minimum absolute atomic E-state index is 0.589. The summed E-state index contributed by atoms with van der Waals surface area (Å²) in [6.07, 6.45) is 1.74. The predicted octanol–water partition coefficient (Wildman–Crippen LogP) is 3.10. The smallest absolute Gasteiger partial charge is 0.184 e. The Labute approximate surface area is 120 Å². The molecule has 102 valence electrons. The largest absolute Gasteiger partial charge is 0.493 e. The van der Waals surface area contributed by atoms with Crippen LogP contribution in [-0.2, 0) is 0 Å². The van der Waals surface area contributed by atoms with Crippen LogP contribution in [-0.4, -0.2) is 28.8 Å². The van der Waals surface area contributed by atoms with Crippen molar-refractivity contribution in [2.24, 2.45) is 0 Å². The number of aromatic nitrogens is 3. The first kappa shape index (κ1) is 12.7. The average molecular weight is 287 g/mol. The molecule has 5 nitrogen and oxygen atoms in total. The molecule has 0 unspecified atom stereocenters. The van der Waals surface area contributed by atoms with Crippen molar-refractivity contribution in [2.45, 2.75) is 0 Å². The van der Waals surface area contributed by atoms with Crippen molar-refractivity contribution >= 4 is 23.4 Å². The lowest BCUT2D eigenvalue weighted by Gasteiger charge is -2.10. The van der Waals surface area contributed by atoms with Crippen molar-refractivity contribution in [3.8, 4) is 17.2 Å². The molecule has 2 aromatic heterocycles. The summed E-state index contributed by atoms with van der Waals surface area (Å²) in [6.45, 7) is 0. The number of nitrogens with one attached hydrogen (secondary N) is 1. The van der Waals surface area contributed by atoms with Crippen LogP contribution in [0.4, 0.5) is 0 Å². The van der Waals surface area contributed by atoms with Gasteiger partial charge in [0.05, 0.1) is 25.4 Å². The third-order valence-electron chi connectivity index (χ3n) is 3.07. The maximum atomic E-state index is 5.37. The quantitative estimate of drug-likeness (QED) is 0.752. The average Bonchev–Trinajstić information content (AvgIpc) is 2.82. The number of benzene rings is 1. The van der Waals surface area contributed by atoms with E-state index in [2.05, 4.69) is 9.97 Å². The number of hydrogen-bond acceptors (Lipinski definition) is 4. The molecule has 0 radical (unpaired) electrons. The second-order valence-corrected chi connectivity index (χ2v) is 4.57. The Balaban J connectivity index is 2.26. The Hall–Kier alpha value is -2.34. The minimum atomic E-state index is 0.589. The van der Waals surface area contributed by atoms with Crippen LogP contribution >= 0.6 is 12.2 Å². The molecule has 3 aromatic rings. The van der Waals surface area contributed by atoms with Gasteiger partial charge >= 0.3 is 0 Å². The summed E-state index contributed by atoms with van der Waals surface area (Å²) < 4.78 is 13.0. The van der Waals surface area contributed by atoms with Crippen molar-refractivity contribution in [3.63, 3.8) is 0 Å². The van der Waals surface area contributed by atoms with Crippen LogP contribution < -0.4 is 9.47 Å². The third-order valence-corrected chi connectivity index (χ3v) is 3.35. The second-order valence-electron chi connectivity index (χ2n) is 4.18. The van der Waals surface area contributed by atoms with E-state index in [-0.39, 0.29) is 0 Å². The molecular weight excluding hydrogens is 274 g/mol. The van der Waals surface area contributed by atoms with Gasteiger partial charge in [-0.25, -0.2) is 4.98 Å². The van der Waals surface area contributed by atoms with Crippen LogP contribution in [0.15, 0.2) is 36.5 Å². The molecule has 1 N–H and O–H groups in total. The molecule has 2 heterocycles. The Morgan fingerprint density at radius 2 is 1.95 bits per heavy atom. The topological polar surface area (TPSA) is 52.1 Å². The fourth-order valence-electron chi connectivity index (χ4n) is 2.14. The molecule has 0 aliphatic rings. The number of aromatic amines is 1. The predicted molar refractivity (Wildman–Crippen MR) is 79.4 cm³/mol. The lowest BCUT2D eigenvalue weighted by molar-refractivity contribution is 0.355. The Morgan fingerprint density at radius 1 is 1.15 bits per heavy atom. The van der Waals surface area contributed by atoms with Crippen LogP contribution in [0.5, 0.6) is 11.5 Å². The van der Waals surface area contributed by atoms with Gasteiger partial charge in [-0.2, -0.15) is 0 Å². The lowest BCUT2D eigenvalue weighted by Crippen LogP contribution is -1.97. The zero-order valence-electron chi connectivity index (χ0n) is 11.1. The van der Waals surface area contributed by atoms with E-state index in [1.807, 2.05) is 34.9 Å². The van der Waals surface area contributed by atoms with E-state index in [0.717, 1.165) is 16.9 Å². The molecule has 20 heavy (non-hydrogen) atoms. The molecule has 0 aliphatic carbocycles. The van der Waals surface area contributed by atoms with Crippen LogP contribution in [0.1, 0.15) is 0 Å². The molecule has 1 aromatic carbocycles. The van der Waals surface area contributed by atoms with E-state index in [1.165, 1.54) is 0 Å². The maximum Gasteiger partial charge on any atom is 0.184 e. The van der Waals surface area contributed by atoms with Gasteiger partial charge in [0.1, 0.15) is 0 Å². The van der Waals surface area contributed by atoms with Crippen molar-refractivity contribution < 1.29 is 9.47 Å². The zero-order valence-corrected chi connectivity index (χ0v) is 11.9. The van der Waals surface area contributed by atoms with Crippen molar-refractivity contribution in [1.29, 1.82) is 0 Å². The van der Waals surface area contributed by atoms with E-state index in [4.69, 9.17) is 21.7 Å². The van der Waals surface area contributed by atoms with Crippen molar-refractivity contribution in [3.05, 3.63) is 41.3 Å². The van der Waals surface area contributed by atoms with Crippen LogP contribution in [0.25, 0.3) is 16.9 Å². The van der Waals surface area contributed by atoms with Crippen LogP contribution in [0.3, 0.4) is 0 Å². The van der Waals surface area contributed by atoms with Crippen LogP contribution in [0, 0.1) is 4.77 Å². The Morgan fingerprint density at radius 3 is 2.70 bits per heavy atom. The highest BCUT2D eigenvalue weighted by Gasteiger charge is 2.10. The number of ether oxygens (including phenoxy) is 2. The highest BCUT2D eigenvalue weighted by molar-refractivity contribution is 7.71. The molecule has 0 fully saturated rings. The van der Waals surface area contributed by atoms with Gasteiger partial charge in [0, 0.05) is 12.3 Å². The van der Waals surface area contributed by atoms with E-state index in [0.29, 0.717) is 16.3 Å². The van der Waals surface area contributed by atoms with E-state index in [1.54, 1.807) is 20.4 Å². The number of pyridine rings is 1. The van der Waals surface area contributed by atoms with Gasteiger partial charge in [-0.3, -0.25) is 4.57 Å². The molecule has 0 saturated heterocycles. The van der Waals surface area contributed by atoms with E-state index >= 15 is 0 Å². The lowest BCUT2D eigenvalue weighted by atomic mass is 10.2. The number of rotatable bonds is 3. The van der Waals surface area contributed by atoms with E-state index < -0.39 is 0 Å². The first-order valence-corrected chi connectivity index (χ1v) is 6.43. The molecule has 0 aliphatic heterocycles. The van der Waals surface area contributed by atoms with Crippen molar-refractivity contribution in [2.75, 3.05) is 14.2 Å². The molecular formula is C14H13N3O2S. The number of hydrogen-bond donors (Lipinski definition) is 1. The normalized spacial score (nSPS) is 10.7. The highest BCUT2D eigenvalue weighted by atomic mass is 32.1. The SMILES string of the molecule is COc1ccc(-n2c(=S)[nH]c3cccnc32)cc1OC. The summed E-state index contributed by atoms with van der Waals surface area (Å²) >= 11 is 5.37. The van der Waals surface area contributed by atoms with Gasteiger partial charge in [0.15, 0.2) is 21.9 Å². The number of methoxy groups -OCH3 is 2. The first-order chi connectivity index (χ1) is 9.74. The Kier molecular flexibility index (Phi) is 3.15. The first-order valence-electron chi connectivity index (χ1n) is 6.02. The number of H-pyrrole nitrogens is 1. The summed E-state index contributed by atoms with van der Waals surface area (Å²) in [7, 11) is 3.21. The fourth-order valence-corrected chi connectivity index (χ4v) is 2.45. The number of nitrogens with zero attached hydrogens (tertiary/aromatic N) is 2. The van der Waals surface area contributed by atoms with Gasteiger partial charge in [-0.1, -0.05) is 0 Å². The maximum absolute atomic E-state index is 5.37. The summed E-state index contributed by atoms with van der Waals surface area (Å²) in [4.78, 5) is 7.50. The van der Waals surface area contributed by atoms with E-state index in [9.17, 15) is 0 Å².